The quantitative estimate of drug-likeness (QED) is 0.891. The Kier molecular flexibility index (Phi) is 4.59. The molecule has 2 rings (SSSR count). The minimum absolute atomic E-state index is 0.106. The number of benzene rings is 1. The highest BCUT2D eigenvalue weighted by atomic mass is 32.1. The van der Waals surface area contributed by atoms with E-state index >= 15 is 0 Å². The number of rotatable bonds is 5. The summed E-state index contributed by atoms with van der Waals surface area (Å²) in [6.45, 7) is 3.70. The summed E-state index contributed by atoms with van der Waals surface area (Å²) in [5.41, 5.74) is 6.74. The Morgan fingerprint density at radius 2 is 2.05 bits per heavy atom. The van der Waals surface area contributed by atoms with Crippen molar-refractivity contribution in [2.24, 2.45) is 5.73 Å². The highest BCUT2D eigenvalue weighted by molar-refractivity contribution is 7.08. The number of primary amides is 1. The number of amides is 2. The third-order valence-electron chi connectivity index (χ3n) is 2.65. The van der Waals surface area contributed by atoms with Crippen molar-refractivity contribution in [3.05, 3.63) is 46.2 Å². The maximum atomic E-state index is 12.0. The number of nitrogens with one attached hydrogen (secondary N) is 1. The van der Waals surface area contributed by atoms with E-state index in [1.807, 2.05) is 19.2 Å². The second-order valence-corrected chi connectivity index (χ2v) is 5.49. The molecule has 0 fully saturated rings. The van der Waals surface area contributed by atoms with Crippen molar-refractivity contribution < 1.29 is 14.3 Å². The second-order valence-electron chi connectivity index (χ2n) is 4.71. The molecule has 6 heteroatoms. The first-order valence-corrected chi connectivity index (χ1v) is 7.35. The average Bonchev–Trinajstić information content (AvgIpc) is 2.91. The van der Waals surface area contributed by atoms with E-state index in [4.69, 9.17) is 10.5 Å². The van der Waals surface area contributed by atoms with Gasteiger partial charge in [0.25, 0.3) is 11.8 Å². The average molecular weight is 304 g/mol. The molecule has 0 bridgehead atoms. The van der Waals surface area contributed by atoms with E-state index in [9.17, 15) is 9.59 Å². The van der Waals surface area contributed by atoms with Gasteiger partial charge in [0.15, 0.2) is 0 Å². The normalized spacial score (nSPS) is 10.4. The van der Waals surface area contributed by atoms with Gasteiger partial charge in [0.2, 0.25) is 0 Å². The molecule has 2 amide bonds. The largest absolute Gasteiger partial charge is 0.490 e. The molecule has 0 saturated heterocycles. The summed E-state index contributed by atoms with van der Waals surface area (Å²) in [4.78, 5) is 23.4. The van der Waals surface area contributed by atoms with Gasteiger partial charge in [0.1, 0.15) is 5.75 Å². The van der Waals surface area contributed by atoms with Crippen molar-refractivity contribution in [3.63, 3.8) is 0 Å². The Bertz CT molecular complexity index is 651. The number of hydrogen-bond acceptors (Lipinski definition) is 4. The fourth-order valence-electron chi connectivity index (χ4n) is 1.75. The molecule has 1 aromatic heterocycles. The van der Waals surface area contributed by atoms with Crippen molar-refractivity contribution in [2.45, 2.75) is 20.0 Å². The number of anilines is 1. The van der Waals surface area contributed by atoms with Crippen LogP contribution in [0.1, 0.15) is 34.6 Å². The molecular formula is C15H16N2O3S. The summed E-state index contributed by atoms with van der Waals surface area (Å²) in [7, 11) is 0. The Labute approximate surface area is 126 Å². The second kappa shape index (κ2) is 6.41. The van der Waals surface area contributed by atoms with Crippen LogP contribution in [0, 0.1) is 0 Å². The van der Waals surface area contributed by atoms with Crippen molar-refractivity contribution in [1.29, 1.82) is 0 Å². The molecule has 110 valence electrons. The van der Waals surface area contributed by atoms with Crippen LogP contribution in [0.15, 0.2) is 35.0 Å². The van der Waals surface area contributed by atoms with E-state index in [2.05, 4.69) is 5.32 Å². The van der Waals surface area contributed by atoms with E-state index in [-0.39, 0.29) is 17.6 Å². The Morgan fingerprint density at radius 3 is 2.62 bits per heavy atom. The smallest absolute Gasteiger partial charge is 0.256 e. The van der Waals surface area contributed by atoms with Crippen LogP contribution in [0.4, 0.5) is 5.69 Å². The van der Waals surface area contributed by atoms with Crippen LogP contribution in [0.2, 0.25) is 0 Å². The zero-order chi connectivity index (χ0) is 15.4. The minimum Gasteiger partial charge on any atom is -0.490 e. The zero-order valence-electron chi connectivity index (χ0n) is 11.8. The van der Waals surface area contributed by atoms with Gasteiger partial charge in [-0.15, -0.1) is 0 Å². The molecule has 0 saturated carbocycles. The van der Waals surface area contributed by atoms with Crippen LogP contribution in [-0.4, -0.2) is 17.9 Å². The van der Waals surface area contributed by atoms with Gasteiger partial charge in [-0.3, -0.25) is 9.59 Å². The standard InChI is InChI=1S/C15H16N2O3S/c1-9(2)20-13-7-11(3-4-12(13)14(16)18)17-15(19)10-5-6-21-8-10/h3-9H,1-2H3,(H2,16,18)(H,17,19). The molecule has 21 heavy (non-hydrogen) atoms. The summed E-state index contributed by atoms with van der Waals surface area (Å²) in [6.07, 6.45) is -0.106. The predicted octanol–water partition coefficient (Wildman–Crippen LogP) is 2.89. The molecule has 0 aliphatic heterocycles. The van der Waals surface area contributed by atoms with Gasteiger partial charge in [0, 0.05) is 17.1 Å². The van der Waals surface area contributed by atoms with E-state index in [1.54, 1.807) is 29.6 Å². The van der Waals surface area contributed by atoms with Gasteiger partial charge >= 0.3 is 0 Å². The van der Waals surface area contributed by atoms with Crippen LogP contribution < -0.4 is 15.8 Å². The Morgan fingerprint density at radius 1 is 1.29 bits per heavy atom. The fraction of sp³-hybridized carbons (Fsp3) is 0.200. The highest BCUT2D eigenvalue weighted by Crippen LogP contribution is 2.25. The number of thiophene rings is 1. The lowest BCUT2D eigenvalue weighted by Gasteiger charge is -2.14. The summed E-state index contributed by atoms with van der Waals surface area (Å²) in [5.74, 6) is -0.416. The topological polar surface area (TPSA) is 81.4 Å². The van der Waals surface area contributed by atoms with Gasteiger partial charge < -0.3 is 15.8 Å². The third-order valence-corrected chi connectivity index (χ3v) is 3.33. The molecule has 0 aliphatic carbocycles. The first-order valence-electron chi connectivity index (χ1n) is 6.41. The van der Waals surface area contributed by atoms with Gasteiger partial charge in [-0.2, -0.15) is 11.3 Å². The first kappa shape index (κ1) is 15.1. The monoisotopic (exact) mass is 304 g/mol. The minimum atomic E-state index is -0.568. The number of ether oxygens (including phenoxy) is 1. The third kappa shape index (κ3) is 3.82. The van der Waals surface area contributed by atoms with Gasteiger partial charge in [-0.05, 0) is 37.4 Å². The lowest BCUT2D eigenvalue weighted by molar-refractivity contribution is 0.0993. The highest BCUT2D eigenvalue weighted by Gasteiger charge is 2.13. The van der Waals surface area contributed by atoms with Crippen LogP contribution in [-0.2, 0) is 0 Å². The number of nitrogens with two attached hydrogens (primary N) is 1. The molecule has 0 spiro atoms. The predicted molar refractivity (Wildman–Crippen MR) is 83.0 cm³/mol. The van der Waals surface area contributed by atoms with E-state index in [0.717, 1.165) is 0 Å². The summed E-state index contributed by atoms with van der Waals surface area (Å²) < 4.78 is 5.57. The molecule has 0 radical (unpaired) electrons. The van der Waals surface area contributed by atoms with E-state index < -0.39 is 5.91 Å². The van der Waals surface area contributed by atoms with Gasteiger partial charge in [-0.25, -0.2) is 0 Å². The number of carbonyl (C=O) groups is 2. The molecule has 3 N–H and O–H groups in total. The number of carbonyl (C=O) groups excluding carboxylic acids is 2. The molecule has 0 atom stereocenters. The van der Waals surface area contributed by atoms with Crippen molar-refractivity contribution in [3.8, 4) is 5.75 Å². The Balaban J connectivity index is 2.24. The molecular weight excluding hydrogens is 288 g/mol. The van der Waals surface area contributed by atoms with Crippen LogP contribution in [0.25, 0.3) is 0 Å². The van der Waals surface area contributed by atoms with Crippen LogP contribution in [0.5, 0.6) is 5.75 Å². The van der Waals surface area contributed by atoms with Gasteiger partial charge in [-0.1, -0.05) is 0 Å². The van der Waals surface area contributed by atoms with Crippen LogP contribution in [0.3, 0.4) is 0 Å². The molecule has 1 aromatic carbocycles. The Hall–Kier alpha value is -2.34. The fourth-order valence-corrected chi connectivity index (χ4v) is 2.39. The molecule has 0 unspecified atom stereocenters. The molecule has 0 aliphatic rings. The maximum Gasteiger partial charge on any atom is 0.256 e. The SMILES string of the molecule is CC(C)Oc1cc(NC(=O)c2ccsc2)ccc1C(N)=O. The first-order chi connectivity index (χ1) is 9.97. The number of hydrogen-bond donors (Lipinski definition) is 2. The maximum absolute atomic E-state index is 12.0. The molecule has 1 heterocycles. The van der Waals surface area contributed by atoms with E-state index in [0.29, 0.717) is 17.0 Å². The molecule has 5 nitrogen and oxygen atoms in total. The summed E-state index contributed by atoms with van der Waals surface area (Å²) >= 11 is 1.45. The summed E-state index contributed by atoms with van der Waals surface area (Å²) in [5, 5.41) is 6.35. The van der Waals surface area contributed by atoms with Crippen molar-refractivity contribution in [2.75, 3.05) is 5.32 Å². The lowest BCUT2D eigenvalue weighted by atomic mass is 10.1. The van der Waals surface area contributed by atoms with Crippen LogP contribution >= 0.6 is 11.3 Å². The zero-order valence-corrected chi connectivity index (χ0v) is 12.6. The van der Waals surface area contributed by atoms with Crippen molar-refractivity contribution in [1.82, 2.24) is 0 Å². The summed E-state index contributed by atoms with van der Waals surface area (Å²) in [6, 6.07) is 6.51. The van der Waals surface area contributed by atoms with Crippen molar-refractivity contribution >= 4 is 28.8 Å². The molecule has 2 aromatic rings. The van der Waals surface area contributed by atoms with Gasteiger partial charge in [0.05, 0.1) is 17.2 Å². The van der Waals surface area contributed by atoms with E-state index in [1.165, 1.54) is 11.3 Å². The lowest BCUT2D eigenvalue weighted by Crippen LogP contribution is -2.16.